The molecule has 0 saturated carbocycles. The molecule has 2 aromatic carbocycles. The van der Waals surface area contributed by atoms with Crippen LogP contribution in [0.2, 0.25) is 0 Å². The molecule has 0 bridgehead atoms. The summed E-state index contributed by atoms with van der Waals surface area (Å²) in [5.74, 6) is -0.149. The van der Waals surface area contributed by atoms with Crippen LogP contribution in [0.5, 0.6) is 11.5 Å². The Morgan fingerprint density at radius 1 is 1.03 bits per heavy atom. The average Bonchev–Trinajstić information content (AvgIpc) is 2.76. The van der Waals surface area contributed by atoms with Crippen molar-refractivity contribution in [3.63, 3.8) is 0 Å². The number of aromatic nitrogens is 1. The van der Waals surface area contributed by atoms with Crippen molar-refractivity contribution >= 4 is 34.9 Å². The fraction of sp³-hybridized carbons (Fsp3) is 0.208. The third-order valence-corrected chi connectivity index (χ3v) is 4.53. The molecule has 0 radical (unpaired) electrons. The Balaban J connectivity index is 1.87. The van der Waals surface area contributed by atoms with Crippen molar-refractivity contribution in [3.05, 3.63) is 65.4 Å². The van der Waals surface area contributed by atoms with Gasteiger partial charge in [-0.15, -0.1) is 0 Å². The fourth-order valence-electron chi connectivity index (χ4n) is 2.92. The van der Waals surface area contributed by atoms with Crippen LogP contribution in [0.3, 0.4) is 0 Å². The standard InChI is InChI=1S/C24H24N2O5/c1-4-30-22-13-16(10-12-21(22)31-15-23(27)26(2)3)9-11-17-14-19(24(28)29)18-7-5-6-8-20(18)25-17/h5-14H,4,15H2,1-3H3,(H,28,29)/b11-9+. The van der Waals surface area contributed by atoms with E-state index in [0.717, 1.165) is 5.56 Å². The third-order valence-electron chi connectivity index (χ3n) is 4.53. The van der Waals surface area contributed by atoms with Gasteiger partial charge in [0.15, 0.2) is 18.1 Å². The molecule has 0 fully saturated rings. The highest BCUT2D eigenvalue weighted by atomic mass is 16.5. The van der Waals surface area contributed by atoms with Crippen LogP contribution in [0.4, 0.5) is 0 Å². The molecule has 0 aliphatic carbocycles. The molecule has 0 unspecified atom stereocenters. The highest BCUT2D eigenvalue weighted by Crippen LogP contribution is 2.29. The first kappa shape index (κ1) is 21.8. The van der Waals surface area contributed by atoms with Gasteiger partial charge in [-0.05, 0) is 42.8 Å². The SMILES string of the molecule is CCOc1cc(/C=C/c2cc(C(=O)O)c3ccccc3n2)ccc1OCC(=O)N(C)C. The number of rotatable bonds is 8. The molecule has 1 N–H and O–H groups in total. The lowest BCUT2D eigenvalue weighted by Crippen LogP contribution is -2.27. The summed E-state index contributed by atoms with van der Waals surface area (Å²) in [7, 11) is 3.33. The van der Waals surface area contributed by atoms with Crippen molar-refractivity contribution in [1.29, 1.82) is 0 Å². The summed E-state index contributed by atoms with van der Waals surface area (Å²) in [5, 5.41) is 10.1. The van der Waals surface area contributed by atoms with Crippen LogP contribution in [-0.2, 0) is 4.79 Å². The lowest BCUT2D eigenvalue weighted by atomic mass is 10.1. The number of benzene rings is 2. The van der Waals surface area contributed by atoms with E-state index in [1.165, 1.54) is 4.90 Å². The normalized spacial score (nSPS) is 10.9. The zero-order valence-corrected chi connectivity index (χ0v) is 17.7. The first-order chi connectivity index (χ1) is 14.9. The molecule has 0 atom stereocenters. The molecule has 3 rings (SSSR count). The molecule has 1 amide bonds. The maximum absolute atomic E-state index is 11.8. The fourth-order valence-corrected chi connectivity index (χ4v) is 2.92. The van der Waals surface area contributed by atoms with E-state index in [-0.39, 0.29) is 18.1 Å². The van der Waals surface area contributed by atoms with Gasteiger partial charge in [0.1, 0.15) is 0 Å². The Hall–Kier alpha value is -3.87. The molecule has 1 heterocycles. The van der Waals surface area contributed by atoms with Gasteiger partial charge in [0.2, 0.25) is 0 Å². The second kappa shape index (κ2) is 9.75. The number of hydrogen-bond acceptors (Lipinski definition) is 5. The van der Waals surface area contributed by atoms with E-state index >= 15 is 0 Å². The van der Waals surface area contributed by atoms with Gasteiger partial charge in [0.25, 0.3) is 5.91 Å². The van der Waals surface area contributed by atoms with Gasteiger partial charge in [-0.25, -0.2) is 9.78 Å². The van der Waals surface area contributed by atoms with E-state index in [4.69, 9.17) is 9.47 Å². The Morgan fingerprint density at radius 2 is 1.81 bits per heavy atom. The van der Waals surface area contributed by atoms with Crippen molar-refractivity contribution in [3.8, 4) is 11.5 Å². The Kier molecular flexibility index (Phi) is 6.87. The van der Waals surface area contributed by atoms with Gasteiger partial charge in [-0.2, -0.15) is 0 Å². The van der Waals surface area contributed by atoms with Gasteiger partial charge >= 0.3 is 5.97 Å². The minimum Gasteiger partial charge on any atom is -0.490 e. The molecule has 1 aromatic heterocycles. The molecule has 160 valence electrons. The summed E-state index contributed by atoms with van der Waals surface area (Å²) in [6, 6.07) is 14.1. The maximum atomic E-state index is 11.8. The topological polar surface area (TPSA) is 89.0 Å². The second-order valence-corrected chi connectivity index (χ2v) is 6.97. The summed E-state index contributed by atoms with van der Waals surface area (Å²) in [6.07, 6.45) is 3.57. The zero-order valence-electron chi connectivity index (χ0n) is 17.7. The second-order valence-electron chi connectivity index (χ2n) is 6.97. The van der Waals surface area contributed by atoms with Crippen LogP contribution in [-0.4, -0.2) is 54.2 Å². The molecule has 0 aliphatic rings. The lowest BCUT2D eigenvalue weighted by molar-refractivity contribution is -0.130. The number of aromatic carboxylic acids is 1. The van der Waals surface area contributed by atoms with Crippen molar-refractivity contribution in [2.45, 2.75) is 6.92 Å². The number of carbonyl (C=O) groups is 2. The largest absolute Gasteiger partial charge is 0.490 e. The van der Waals surface area contributed by atoms with Gasteiger partial charge < -0.3 is 19.5 Å². The number of fused-ring (bicyclic) bond motifs is 1. The summed E-state index contributed by atoms with van der Waals surface area (Å²) in [5.41, 5.74) is 2.17. The zero-order chi connectivity index (χ0) is 22.4. The first-order valence-corrected chi connectivity index (χ1v) is 9.80. The lowest BCUT2D eigenvalue weighted by Gasteiger charge is -2.14. The molecule has 7 heteroatoms. The van der Waals surface area contributed by atoms with E-state index in [1.54, 1.807) is 56.6 Å². The average molecular weight is 420 g/mol. The van der Waals surface area contributed by atoms with Gasteiger partial charge in [-0.1, -0.05) is 30.3 Å². The van der Waals surface area contributed by atoms with Crippen molar-refractivity contribution in [1.82, 2.24) is 9.88 Å². The number of amides is 1. The first-order valence-electron chi connectivity index (χ1n) is 9.80. The van der Waals surface area contributed by atoms with E-state index in [9.17, 15) is 14.7 Å². The summed E-state index contributed by atoms with van der Waals surface area (Å²) >= 11 is 0. The Morgan fingerprint density at radius 3 is 2.52 bits per heavy atom. The molecule has 31 heavy (non-hydrogen) atoms. The van der Waals surface area contributed by atoms with E-state index in [1.807, 2.05) is 25.1 Å². The van der Waals surface area contributed by atoms with E-state index in [0.29, 0.717) is 34.7 Å². The van der Waals surface area contributed by atoms with Crippen LogP contribution < -0.4 is 9.47 Å². The number of carboxylic acids is 1. The highest BCUT2D eigenvalue weighted by molar-refractivity contribution is 6.03. The molecule has 3 aromatic rings. The van der Waals surface area contributed by atoms with Crippen LogP contribution in [0.1, 0.15) is 28.5 Å². The smallest absolute Gasteiger partial charge is 0.336 e. The summed E-state index contributed by atoms with van der Waals surface area (Å²) in [4.78, 5) is 29.4. The number of nitrogens with zero attached hydrogens (tertiary/aromatic N) is 2. The quantitative estimate of drug-likeness (QED) is 0.593. The molecule has 0 aliphatic heterocycles. The number of pyridine rings is 1. The third kappa shape index (κ3) is 5.39. The molecule has 0 saturated heterocycles. The minimum atomic E-state index is -0.999. The Bertz CT molecular complexity index is 1140. The van der Waals surface area contributed by atoms with Gasteiger partial charge in [-0.3, -0.25) is 4.79 Å². The summed E-state index contributed by atoms with van der Waals surface area (Å²) < 4.78 is 11.3. The van der Waals surface area contributed by atoms with Crippen molar-refractivity contribution in [2.24, 2.45) is 0 Å². The molecule has 0 spiro atoms. The monoisotopic (exact) mass is 420 g/mol. The van der Waals surface area contributed by atoms with Crippen LogP contribution in [0.15, 0.2) is 48.5 Å². The Labute approximate surface area is 180 Å². The number of likely N-dealkylation sites (N-methyl/N-ethyl adjacent to an activating group) is 1. The van der Waals surface area contributed by atoms with E-state index in [2.05, 4.69) is 4.98 Å². The van der Waals surface area contributed by atoms with E-state index < -0.39 is 5.97 Å². The number of carbonyl (C=O) groups excluding carboxylic acids is 1. The summed E-state index contributed by atoms with van der Waals surface area (Å²) in [6.45, 7) is 2.23. The van der Waals surface area contributed by atoms with Gasteiger partial charge in [0.05, 0.1) is 23.4 Å². The van der Waals surface area contributed by atoms with Crippen LogP contribution in [0, 0.1) is 0 Å². The maximum Gasteiger partial charge on any atom is 0.336 e. The molecular weight excluding hydrogens is 396 g/mol. The van der Waals surface area contributed by atoms with Crippen LogP contribution >= 0.6 is 0 Å². The number of para-hydroxylation sites is 1. The van der Waals surface area contributed by atoms with Crippen LogP contribution in [0.25, 0.3) is 23.1 Å². The predicted molar refractivity (Wildman–Crippen MR) is 119 cm³/mol. The van der Waals surface area contributed by atoms with Gasteiger partial charge in [0, 0.05) is 19.5 Å². The number of carboxylic acid groups (broad SMARTS) is 1. The molecule has 7 nitrogen and oxygen atoms in total. The molecular formula is C24H24N2O5. The minimum absolute atomic E-state index is 0.0821. The van der Waals surface area contributed by atoms with Crippen molar-refractivity contribution in [2.75, 3.05) is 27.3 Å². The predicted octanol–water partition coefficient (Wildman–Crippen LogP) is 3.97. The van der Waals surface area contributed by atoms with Crippen molar-refractivity contribution < 1.29 is 24.2 Å². The number of ether oxygens (including phenoxy) is 2. The number of hydrogen-bond donors (Lipinski definition) is 1. The highest BCUT2D eigenvalue weighted by Gasteiger charge is 2.12.